The standard InChI is InChI=1S/C31H37N3O4S/c1-3-26(31(36)32-25-11-4-5-12-25)33(21-23-18-16-22(2)17-19-23)29(35)15-8-20-34-27-13-6-9-24-10-7-14-28(30(24)27)39(34,37)38/h6-7,9-10,13-14,16-19,25-26H,3-5,8,11-12,15,20-21H2,1-2H3,(H,32,36)/t26-/m1/s1. The Morgan fingerprint density at radius 3 is 2.41 bits per heavy atom. The van der Waals surface area contributed by atoms with E-state index in [1.807, 2.05) is 62.4 Å². The number of carbonyl (C=O) groups is 2. The highest BCUT2D eigenvalue weighted by atomic mass is 32.2. The van der Waals surface area contributed by atoms with E-state index in [1.165, 1.54) is 4.31 Å². The van der Waals surface area contributed by atoms with Gasteiger partial charge >= 0.3 is 0 Å². The third-order valence-corrected chi connectivity index (χ3v) is 9.85. The number of anilines is 1. The molecule has 0 spiro atoms. The molecule has 3 aromatic rings. The molecule has 0 bridgehead atoms. The van der Waals surface area contributed by atoms with E-state index in [1.54, 1.807) is 17.0 Å². The van der Waals surface area contributed by atoms with E-state index in [0.29, 0.717) is 30.0 Å². The van der Waals surface area contributed by atoms with Crippen LogP contribution in [-0.4, -0.2) is 43.8 Å². The Hall–Kier alpha value is -3.39. The van der Waals surface area contributed by atoms with Crippen LogP contribution in [0.3, 0.4) is 0 Å². The Bertz CT molecular complexity index is 1460. The van der Waals surface area contributed by atoms with Gasteiger partial charge in [-0.15, -0.1) is 0 Å². The number of hydrogen-bond donors (Lipinski definition) is 1. The molecule has 3 aromatic carbocycles. The third-order valence-electron chi connectivity index (χ3n) is 7.99. The van der Waals surface area contributed by atoms with Gasteiger partial charge in [0.05, 0.1) is 10.6 Å². The third kappa shape index (κ3) is 5.53. The number of hydrogen-bond acceptors (Lipinski definition) is 4. The van der Waals surface area contributed by atoms with E-state index < -0.39 is 16.1 Å². The summed E-state index contributed by atoms with van der Waals surface area (Å²) in [6.45, 7) is 4.48. The Balaban J connectivity index is 1.32. The zero-order chi connectivity index (χ0) is 27.6. The number of aryl methyl sites for hydroxylation is 1. The molecule has 2 amide bonds. The van der Waals surface area contributed by atoms with E-state index in [4.69, 9.17) is 0 Å². The Labute approximate surface area is 231 Å². The molecular formula is C31H37N3O4S. The van der Waals surface area contributed by atoms with Gasteiger partial charge in [0.15, 0.2) is 0 Å². The molecule has 5 rings (SSSR count). The lowest BCUT2D eigenvalue weighted by molar-refractivity contribution is -0.141. The largest absolute Gasteiger partial charge is 0.352 e. The first-order valence-electron chi connectivity index (χ1n) is 14.0. The van der Waals surface area contributed by atoms with Crippen LogP contribution in [-0.2, 0) is 26.2 Å². The topological polar surface area (TPSA) is 86.8 Å². The zero-order valence-corrected chi connectivity index (χ0v) is 23.5. The number of rotatable bonds is 10. The van der Waals surface area contributed by atoms with E-state index in [9.17, 15) is 18.0 Å². The van der Waals surface area contributed by atoms with E-state index in [0.717, 1.165) is 47.6 Å². The Morgan fingerprint density at radius 2 is 1.72 bits per heavy atom. The Kier molecular flexibility index (Phi) is 7.93. The second-order valence-corrected chi connectivity index (χ2v) is 12.6. The molecule has 1 atom stereocenters. The van der Waals surface area contributed by atoms with Crippen molar-refractivity contribution < 1.29 is 18.0 Å². The number of nitrogens with one attached hydrogen (secondary N) is 1. The fourth-order valence-corrected chi connectivity index (χ4v) is 7.64. The minimum atomic E-state index is -3.67. The summed E-state index contributed by atoms with van der Waals surface area (Å²) in [5, 5.41) is 4.80. The zero-order valence-electron chi connectivity index (χ0n) is 22.7. The number of sulfonamides is 1. The lowest BCUT2D eigenvalue weighted by Gasteiger charge is -2.32. The van der Waals surface area contributed by atoms with Crippen molar-refractivity contribution in [1.82, 2.24) is 10.2 Å². The summed E-state index contributed by atoms with van der Waals surface area (Å²) in [5.74, 6) is -0.245. The maximum atomic E-state index is 13.7. The highest BCUT2D eigenvalue weighted by molar-refractivity contribution is 7.93. The van der Waals surface area contributed by atoms with Crippen molar-refractivity contribution in [2.75, 3.05) is 10.8 Å². The minimum Gasteiger partial charge on any atom is -0.352 e. The van der Waals surface area contributed by atoms with Crippen molar-refractivity contribution in [3.63, 3.8) is 0 Å². The van der Waals surface area contributed by atoms with Crippen molar-refractivity contribution in [3.05, 3.63) is 71.8 Å². The fourth-order valence-electron chi connectivity index (χ4n) is 5.89. The lowest BCUT2D eigenvalue weighted by atomic mass is 10.1. The lowest BCUT2D eigenvalue weighted by Crippen LogP contribution is -2.51. The second kappa shape index (κ2) is 11.4. The molecule has 0 saturated heterocycles. The average Bonchev–Trinajstić information content (AvgIpc) is 3.51. The first-order valence-corrected chi connectivity index (χ1v) is 15.4. The maximum Gasteiger partial charge on any atom is 0.265 e. The average molecular weight is 548 g/mol. The highest BCUT2D eigenvalue weighted by Crippen LogP contribution is 2.42. The molecule has 2 aliphatic rings. The van der Waals surface area contributed by atoms with Crippen LogP contribution in [0.2, 0.25) is 0 Å². The summed E-state index contributed by atoms with van der Waals surface area (Å²) in [7, 11) is -3.67. The van der Waals surface area contributed by atoms with Gasteiger partial charge < -0.3 is 10.2 Å². The van der Waals surface area contributed by atoms with Crippen LogP contribution in [0, 0.1) is 6.92 Å². The number of nitrogens with zero attached hydrogens (tertiary/aromatic N) is 2. The van der Waals surface area contributed by atoms with Gasteiger partial charge in [0.25, 0.3) is 10.0 Å². The summed E-state index contributed by atoms with van der Waals surface area (Å²) >= 11 is 0. The van der Waals surface area contributed by atoms with Crippen LogP contribution in [0.1, 0.15) is 63.0 Å². The van der Waals surface area contributed by atoms with Gasteiger partial charge in [0, 0.05) is 30.9 Å². The van der Waals surface area contributed by atoms with Crippen LogP contribution < -0.4 is 9.62 Å². The van der Waals surface area contributed by atoms with Crippen LogP contribution in [0.25, 0.3) is 10.8 Å². The van der Waals surface area contributed by atoms with Crippen molar-refractivity contribution in [1.29, 1.82) is 0 Å². The van der Waals surface area contributed by atoms with Gasteiger partial charge in [-0.1, -0.05) is 73.9 Å². The molecule has 1 N–H and O–H groups in total. The van der Waals surface area contributed by atoms with Crippen molar-refractivity contribution in [2.45, 2.75) is 82.3 Å². The number of benzene rings is 3. The molecule has 1 aliphatic heterocycles. The van der Waals surface area contributed by atoms with Crippen LogP contribution in [0.5, 0.6) is 0 Å². The van der Waals surface area contributed by atoms with Crippen LogP contribution in [0.4, 0.5) is 5.69 Å². The van der Waals surface area contributed by atoms with Gasteiger partial charge in [0.1, 0.15) is 6.04 Å². The molecule has 1 heterocycles. The van der Waals surface area contributed by atoms with Crippen LogP contribution >= 0.6 is 0 Å². The molecule has 0 unspecified atom stereocenters. The van der Waals surface area contributed by atoms with Crippen LogP contribution in [0.15, 0.2) is 65.6 Å². The summed E-state index contributed by atoms with van der Waals surface area (Å²) in [6.07, 6.45) is 5.20. The smallest absolute Gasteiger partial charge is 0.265 e. The monoisotopic (exact) mass is 547 g/mol. The van der Waals surface area contributed by atoms with E-state index in [-0.39, 0.29) is 30.8 Å². The predicted molar refractivity (Wildman–Crippen MR) is 154 cm³/mol. The summed E-state index contributed by atoms with van der Waals surface area (Å²) in [5.41, 5.74) is 2.75. The van der Waals surface area contributed by atoms with Crippen molar-refractivity contribution >= 4 is 38.3 Å². The molecule has 1 aliphatic carbocycles. The SMILES string of the molecule is CC[C@H](C(=O)NC1CCCC1)N(Cc1ccc(C)cc1)C(=O)CCCN1c2cccc3cccc(c23)S1(=O)=O. The maximum absolute atomic E-state index is 13.7. The quantitative estimate of drug-likeness (QED) is 0.373. The molecule has 0 radical (unpaired) electrons. The molecule has 1 saturated carbocycles. The summed E-state index contributed by atoms with van der Waals surface area (Å²) in [4.78, 5) is 29.0. The fraction of sp³-hybridized carbons (Fsp3) is 0.419. The molecule has 8 heteroatoms. The second-order valence-electron chi connectivity index (χ2n) is 10.7. The predicted octanol–water partition coefficient (Wildman–Crippen LogP) is 5.30. The van der Waals surface area contributed by atoms with Gasteiger partial charge in [-0.05, 0) is 55.7 Å². The first-order chi connectivity index (χ1) is 18.8. The number of carbonyl (C=O) groups excluding carboxylic acids is 2. The van der Waals surface area contributed by atoms with Crippen molar-refractivity contribution in [2.24, 2.45) is 0 Å². The summed E-state index contributed by atoms with van der Waals surface area (Å²) < 4.78 is 28.1. The van der Waals surface area contributed by atoms with E-state index >= 15 is 0 Å². The molecule has 0 aromatic heterocycles. The number of amides is 2. The van der Waals surface area contributed by atoms with Gasteiger partial charge in [0.2, 0.25) is 11.8 Å². The Morgan fingerprint density at radius 1 is 1.03 bits per heavy atom. The van der Waals surface area contributed by atoms with Crippen molar-refractivity contribution in [3.8, 4) is 0 Å². The van der Waals surface area contributed by atoms with Gasteiger partial charge in [-0.25, -0.2) is 8.42 Å². The molecule has 7 nitrogen and oxygen atoms in total. The molecule has 206 valence electrons. The summed E-state index contributed by atoms with van der Waals surface area (Å²) in [6, 6.07) is 18.5. The van der Waals surface area contributed by atoms with E-state index in [2.05, 4.69) is 5.32 Å². The normalized spacial score (nSPS) is 16.9. The first kappa shape index (κ1) is 27.2. The molecular weight excluding hydrogens is 510 g/mol. The molecule has 1 fully saturated rings. The van der Waals surface area contributed by atoms with Gasteiger partial charge in [-0.2, -0.15) is 0 Å². The molecule has 39 heavy (non-hydrogen) atoms. The van der Waals surface area contributed by atoms with Gasteiger partial charge in [-0.3, -0.25) is 13.9 Å². The minimum absolute atomic E-state index is 0.103. The highest BCUT2D eigenvalue weighted by Gasteiger charge is 2.36.